The number of para-hydroxylation sites is 2. The van der Waals surface area contributed by atoms with Crippen molar-refractivity contribution in [2.24, 2.45) is 0 Å². The fourth-order valence-electron chi connectivity index (χ4n) is 4.32. The van der Waals surface area contributed by atoms with Crippen LogP contribution in [0.1, 0.15) is 42.2 Å². The van der Waals surface area contributed by atoms with Crippen LogP contribution < -0.4 is 9.80 Å². The molecule has 32 heavy (non-hydrogen) atoms. The fourth-order valence-corrected chi connectivity index (χ4v) is 4.32. The Bertz CT molecular complexity index is 1160. The van der Waals surface area contributed by atoms with Crippen LogP contribution in [0.5, 0.6) is 0 Å². The molecule has 4 rings (SSSR count). The van der Waals surface area contributed by atoms with Crippen molar-refractivity contribution in [1.82, 2.24) is 0 Å². The SMILES string of the molecule is CC(=O)N(c1ccccc1)C1CC(C)N(C(=O)c2cc(F)c(F)c(F)c2)c2ccccc21. The lowest BCUT2D eigenvalue weighted by atomic mass is 9.89. The van der Waals surface area contributed by atoms with Crippen LogP contribution in [-0.4, -0.2) is 17.9 Å². The van der Waals surface area contributed by atoms with Gasteiger partial charge in [0.15, 0.2) is 17.5 Å². The predicted molar refractivity (Wildman–Crippen MR) is 116 cm³/mol. The van der Waals surface area contributed by atoms with Gasteiger partial charge in [-0.05, 0) is 49.2 Å². The molecular weight excluding hydrogens is 417 g/mol. The van der Waals surface area contributed by atoms with Crippen molar-refractivity contribution in [2.75, 3.05) is 9.80 Å². The van der Waals surface area contributed by atoms with Crippen LogP contribution in [0.15, 0.2) is 66.7 Å². The summed E-state index contributed by atoms with van der Waals surface area (Å²) < 4.78 is 40.9. The maximum atomic E-state index is 13.8. The van der Waals surface area contributed by atoms with Crippen LogP contribution in [0.3, 0.4) is 0 Å². The summed E-state index contributed by atoms with van der Waals surface area (Å²) in [6.07, 6.45) is 0.406. The maximum Gasteiger partial charge on any atom is 0.258 e. The van der Waals surface area contributed by atoms with Crippen LogP contribution >= 0.6 is 0 Å². The molecule has 0 aromatic heterocycles. The van der Waals surface area contributed by atoms with Crippen LogP contribution in [0.4, 0.5) is 24.5 Å². The van der Waals surface area contributed by atoms with Gasteiger partial charge in [0, 0.05) is 29.9 Å². The lowest BCUT2D eigenvalue weighted by Gasteiger charge is -2.43. The van der Waals surface area contributed by atoms with Crippen molar-refractivity contribution >= 4 is 23.2 Å². The highest BCUT2D eigenvalue weighted by Gasteiger charge is 2.38. The van der Waals surface area contributed by atoms with E-state index < -0.39 is 29.4 Å². The highest BCUT2D eigenvalue weighted by atomic mass is 19.2. The molecule has 0 saturated heterocycles. The predicted octanol–water partition coefficient (Wildman–Crippen LogP) is 5.64. The molecule has 2 unspecified atom stereocenters. The monoisotopic (exact) mass is 438 g/mol. The third-order valence-corrected chi connectivity index (χ3v) is 5.70. The second-order valence-electron chi connectivity index (χ2n) is 7.81. The molecule has 2 amide bonds. The molecule has 1 aliphatic rings. The van der Waals surface area contributed by atoms with Gasteiger partial charge in [-0.2, -0.15) is 0 Å². The van der Waals surface area contributed by atoms with Gasteiger partial charge in [-0.1, -0.05) is 36.4 Å². The normalized spacial score (nSPS) is 17.6. The topological polar surface area (TPSA) is 40.6 Å². The first-order valence-electron chi connectivity index (χ1n) is 10.2. The lowest BCUT2D eigenvalue weighted by molar-refractivity contribution is -0.117. The smallest absolute Gasteiger partial charge is 0.258 e. The van der Waals surface area contributed by atoms with E-state index in [0.29, 0.717) is 24.2 Å². The number of hydrogen-bond donors (Lipinski definition) is 0. The minimum Gasteiger partial charge on any atom is -0.305 e. The number of fused-ring (bicyclic) bond motifs is 1. The summed E-state index contributed by atoms with van der Waals surface area (Å²) in [6.45, 7) is 3.29. The van der Waals surface area contributed by atoms with E-state index in [-0.39, 0.29) is 17.5 Å². The average Bonchev–Trinajstić information content (AvgIpc) is 2.77. The highest BCUT2D eigenvalue weighted by Crippen LogP contribution is 2.42. The van der Waals surface area contributed by atoms with E-state index >= 15 is 0 Å². The Labute approximate surface area is 183 Å². The Morgan fingerprint density at radius 2 is 1.53 bits per heavy atom. The Balaban J connectivity index is 1.79. The molecule has 164 valence electrons. The highest BCUT2D eigenvalue weighted by molar-refractivity contribution is 6.07. The van der Waals surface area contributed by atoms with E-state index in [2.05, 4.69) is 0 Å². The fraction of sp³-hybridized carbons (Fsp3) is 0.200. The first-order valence-corrected chi connectivity index (χ1v) is 10.2. The van der Waals surface area contributed by atoms with Crippen molar-refractivity contribution in [3.8, 4) is 0 Å². The third-order valence-electron chi connectivity index (χ3n) is 5.70. The molecule has 0 bridgehead atoms. The number of hydrogen-bond acceptors (Lipinski definition) is 2. The van der Waals surface area contributed by atoms with Crippen LogP contribution in [0.2, 0.25) is 0 Å². The standard InChI is InChI=1S/C25H21F3N2O2/c1-15-12-23(30(16(2)31)18-8-4-3-5-9-18)19-10-6-7-11-22(19)29(15)25(32)17-13-20(26)24(28)21(27)14-17/h3-11,13-15,23H,12H2,1-2H3. The van der Waals surface area contributed by atoms with E-state index in [0.717, 1.165) is 11.3 Å². The second kappa shape index (κ2) is 8.49. The van der Waals surface area contributed by atoms with E-state index in [1.807, 2.05) is 42.5 Å². The lowest BCUT2D eigenvalue weighted by Crippen LogP contribution is -2.47. The first kappa shape index (κ1) is 21.6. The number of halogens is 3. The zero-order valence-electron chi connectivity index (χ0n) is 17.6. The molecule has 1 aliphatic heterocycles. The number of carbonyl (C=O) groups excluding carboxylic acids is 2. The average molecular weight is 438 g/mol. The molecule has 0 radical (unpaired) electrons. The van der Waals surface area contributed by atoms with E-state index in [1.54, 1.807) is 24.0 Å². The van der Waals surface area contributed by atoms with Crippen molar-refractivity contribution in [1.29, 1.82) is 0 Å². The number of anilines is 2. The summed E-state index contributed by atoms with van der Waals surface area (Å²) in [5.41, 5.74) is 1.72. The molecule has 2 atom stereocenters. The Hall–Kier alpha value is -3.61. The van der Waals surface area contributed by atoms with Gasteiger partial charge < -0.3 is 9.80 Å². The van der Waals surface area contributed by atoms with Gasteiger partial charge in [0.25, 0.3) is 5.91 Å². The quantitative estimate of drug-likeness (QED) is 0.497. The zero-order chi connectivity index (χ0) is 23.0. The largest absolute Gasteiger partial charge is 0.305 e. The Kier molecular flexibility index (Phi) is 5.74. The molecule has 0 N–H and O–H groups in total. The Morgan fingerprint density at radius 1 is 0.938 bits per heavy atom. The van der Waals surface area contributed by atoms with Crippen LogP contribution in [0.25, 0.3) is 0 Å². The van der Waals surface area contributed by atoms with Gasteiger partial charge in [-0.3, -0.25) is 9.59 Å². The second-order valence-corrected chi connectivity index (χ2v) is 7.81. The van der Waals surface area contributed by atoms with Crippen LogP contribution in [-0.2, 0) is 4.79 Å². The van der Waals surface area contributed by atoms with Crippen molar-refractivity contribution in [3.63, 3.8) is 0 Å². The Morgan fingerprint density at radius 3 is 2.16 bits per heavy atom. The molecule has 0 fully saturated rings. The number of amides is 2. The molecule has 0 spiro atoms. The van der Waals surface area contributed by atoms with Gasteiger partial charge in [-0.25, -0.2) is 13.2 Å². The van der Waals surface area contributed by atoms with Crippen molar-refractivity contribution in [2.45, 2.75) is 32.4 Å². The number of nitrogens with zero attached hydrogens (tertiary/aromatic N) is 2. The van der Waals surface area contributed by atoms with E-state index in [1.165, 1.54) is 11.8 Å². The molecule has 3 aromatic carbocycles. The van der Waals surface area contributed by atoms with E-state index in [9.17, 15) is 22.8 Å². The van der Waals surface area contributed by atoms with Crippen molar-refractivity contribution < 1.29 is 22.8 Å². The molecule has 3 aromatic rings. The summed E-state index contributed by atoms with van der Waals surface area (Å²) in [4.78, 5) is 29.0. The molecule has 7 heteroatoms. The molecular formula is C25H21F3N2O2. The maximum absolute atomic E-state index is 13.8. The molecule has 1 heterocycles. The van der Waals surface area contributed by atoms with Gasteiger partial charge >= 0.3 is 0 Å². The summed E-state index contributed by atoms with van der Waals surface area (Å²) in [5.74, 6) is -5.25. The minimum absolute atomic E-state index is 0.148. The summed E-state index contributed by atoms with van der Waals surface area (Å²) in [7, 11) is 0. The first-order chi connectivity index (χ1) is 15.3. The zero-order valence-corrected chi connectivity index (χ0v) is 17.6. The minimum atomic E-state index is -1.62. The molecule has 0 aliphatic carbocycles. The number of benzene rings is 3. The summed E-state index contributed by atoms with van der Waals surface area (Å²) >= 11 is 0. The van der Waals surface area contributed by atoms with Gasteiger partial charge in [0.1, 0.15) is 0 Å². The molecule has 4 nitrogen and oxygen atoms in total. The summed E-state index contributed by atoms with van der Waals surface area (Å²) in [6, 6.07) is 17.0. The van der Waals surface area contributed by atoms with Gasteiger partial charge in [-0.15, -0.1) is 0 Å². The van der Waals surface area contributed by atoms with E-state index in [4.69, 9.17) is 0 Å². The van der Waals surface area contributed by atoms with Crippen molar-refractivity contribution in [3.05, 3.63) is 95.3 Å². The van der Waals surface area contributed by atoms with Gasteiger partial charge in [0.2, 0.25) is 5.91 Å². The molecule has 0 saturated carbocycles. The van der Waals surface area contributed by atoms with Crippen LogP contribution in [0, 0.1) is 17.5 Å². The number of carbonyl (C=O) groups is 2. The summed E-state index contributed by atoms with van der Waals surface area (Å²) in [5, 5.41) is 0. The van der Waals surface area contributed by atoms with Gasteiger partial charge in [0.05, 0.1) is 6.04 Å². The third kappa shape index (κ3) is 3.75. The number of rotatable bonds is 3.